The molecule has 6 nitrogen and oxygen atoms in total. The number of aliphatic hydroxyl groups excluding tert-OH is 1. The summed E-state index contributed by atoms with van der Waals surface area (Å²) in [7, 11) is 0. The van der Waals surface area contributed by atoms with Gasteiger partial charge in [0.25, 0.3) is 0 Å². The van der Waals surface area contributed by atoms with Crippen molar-refractivity contribution in [1.82, 2.24) is 5.32 Å². The molecule has 0 spiro atoms. The molecule has 0 aliphatic carbocycles. The van der Waals surface area contributed by atoms with Crippen LogP contribution in [0.15, 0.2) is 59.2 Å². The Kier molecular flexibility index (Phi) is 6.04. The smallest absolute Gasteiger partial charge is 0.416 e. The van der Waals surface area contributed by atoms with Crippen LogP contribution in [0.2, 0.25) is 0 Å². The summed E-state index contributed by atoms with van der Waals surface area (Å²) in [6.45, 7) is 0.0182. The van der Waals surface area contributed by atoms with Crippen LogP contribution in [0.25, 0.3) is 0 Å². The average molecular weight is 424 g/mol. The number of amides is 2. The third-order valence-electron chi connectivity index (χ3n) is 3.84. The maximum Gasteiger partial charge on any atom is 0.416 e. The Labute approximate surface area is 167 Å². The zero-order valence-electron chi connectivity index (χ0n) is 14.7. The maximum atomic E-state index is 12.7. The van der Waals surface area contributed by atoms with Crippen LogP contribution in [0.5, 0.6) is 0 Å². The lowest BCUT2D eigenvalue weighted by Gasteiger charge is -2.10. The van der Waals surface area contributed by atoms with E-state index < -0.39 is 29.7 Å². The van der Waals surface area contributed by atoms with Gasteiger partial charge in [0.2, 0.25) is 0 Å². The van der Waals surface area contributed by atoms with E-state index in [-0.39, 0.29) is 12.2 Å². The highest BCUT2D eigenvalue weighted by atomic mass is 32.1. The fraction of sp³-hybridized carbons (Fsp3) is 0.158. The lowest BCUT2D eigenvalue weighted by molar-refractivity contribution is -0.137. The van der Waals surface area contributed by atoms with Crippen LogP contribution < -0.4 is 10.6 Å². The van der Waals surface area contributed by atoms with E-state index in [1.54, 1.807) is 24.3 Å². The third kappa shape index (κ3) is 5.24. The number of aliphatic hydroxyl groups is 1. The Morgan fingerprint density at radius 1 is 1.10 bits per heavy atom. The highest BCUT2D eigenvalue weighted by Gasteiger charge is 2.30. The lowest BCUT2D eigenvalue weighted by Crippen LogP contribution is -2.34. The molecule has 3 aromatic rings. The molecule has 152 valence electrons. The summed E-state index contributed by atoms with van der Waals surface area (Å²) >= 11 is 1.22. The van der Waals surface area contributed by atoms with Gasteiger partial charge in [0, 0.05) is 15.4 Å². The molecule has 1 aromatic carbocycles. The predicted octanol–water partition coefficient (Wildman–Crippen LogP) is 3.70. The molecule has 0 radical (unpaired) electrons. The van der Waals surface area contributed by atoms with E-state index in [9.17, 15) is 27.9 Å². The molecule has 1 atom stereocenters. The van der Waals surface area contributed by atoms with Crippen LogP contribution in [0.4, 0.5) is 18.9 Å². The number of hydrogen-bond donors (Lipinski definition) is 3. The minimum absolute atomic E-state index is 0.0182. The number of alkyl halides is 3. The first-order valence-corrected chi connectivity index (χ1v) is 9.12. The second-order valence-electron chi connectivity index (χ2n) is 5.94. The minimum Gasteiger partial charge on any atom is -0.466 e. The predicted molar refractivity (Wildman–Crippen MR) is 99.0 cm³/mol. The van der Waals surface area contributed by atoms with Crippen molar-refractivity contribution in [3.05, 3.63) is 75.9 Å². The van der Waals surface area contributed by atoms with Crippen LogP contribution in [0, 0.1) is 0 Å². The van der Waals surface area contributed by atoms with Crippen molar-refractivity contribution in [3.63, 3.8) is 0 Å². The summed E-state index contributed by atoms with van der Waals surface area (Å²) in [4.78, 5) is 25.1. The first-order valence-electron chi connectivity index (χ1n) is 8.30. The standard InChI is InChI=1S/C19H15F3N2O4S/c20-19(21,22)11-3-1-4-12(9-11)24-18(27)17(26)23-10-13-6-7-15(29-13)16(25)14-5-2-8-28-14/h1-9,16,25H,10H2,(H,23,26)(H,24,27). The number of halogens is 3. The Bertz CT molecular complexity index is 999. The number of benzene rings is 1. The van der Waals surface area contributed by atoms with Gasteiger partial charge in [-0.1, -0.05) is 6.07 Å². The minimum atomic E-state index is -4.56. The lowest BCUT2D eigenvalue weighted by atomic mass is 10.2. The number of furan rings is 1. The quantitative estimate of drug-likeness (QED) is 0.545. The molecule has 0 fully saturated rings. The first-order chi connectivity index (χ1) is 13.7. The molecule has 29 heavy (non-hydrogen) atoms. The van der Waals surface area contributed by atoms with Crippen molar-refractivity contribution in [1.29, 1.82) is 0 Å². The third-order valence-corrected chi connectivity index (χ3v) is 4.98. The number of carbonyl (C=O) groups is 2. The highest BCUT2D eigenvalue weighted by molar-refractivity contribution is 7.12. The molecule has 3 N–H and O–H groups in total. The molecule has 0 aliphatic heterocycles. The number of nitrogens with one attached hydrogen (secondary N) is 2. The molecule has 2 aromatic heterocycles. The monoisotopic (exact) mass is 424 g/mol. The number of thiophene rings is 1. The van der Waals surface area contributed by atoms with E-state index in [4.69, 9.17) is 4.42 Å². The van der Waals surface area contributed by atoms with E-state index in [0.717, 1.165) is 18.2 Å². The first kappa shape index (κ1) is 20.6. The van der Waals surface area contributed by atoms with Gasteiger partial charge in [0.05, 0.1) is 18.4 Å². The van der Waals surface area contributed by atoms with E-state index >= 15 is 0 Å². The van der Waals surface area contributed by atoms with Crippen molar-refractivity contribution in [2.45, 2.75) is 18.8 Å². The second-order valence-corrected chi connectivity index (χ2v) is 7.14. The molecule has 2 amide bonds. The van der Waals surface area contributed by atoms with Crippen molar-refractivity contribution in [2.24, 2.45) is 0 Å². The normalized spacial score (nSPS) is 12.4. The molecule has 2 heterocycles. The van der Waals surface area contributed by atoms with Crippen LogP contribution >= 0.6 is 11.3 Å². The summed E-state index contributed by atoms with van der Waals surface area (Å²) in [5.41, 5.74) is -1.07. The average Bonchev–Trinajstić information content (AvgIpc) is 3.37. The zero-order chi connectivity index (χ0) is 21.0. The van der Waals surface area contributed by atoms with Crippen LogP contribution in [-0.2, 0) is 22.3 Å². The van der Waals surface area contributed by atoms with Crippen LogP contribution in [-0.4, -0.2) is 16.9 Å². The number of hydrogen-bond acceptors (Lipinski definition) is 5. The second kappa shape index (κ2) is 8.50. The van der Waals surface area contributed by atoms with Crippen molar-refractivity contribution < 1.29 is 32.3 Å². The fourth-order valence-electron chi connectivity index (χ4n) is 2.43. The largest absolute Gasteiger partial charge is 0.466 e. The van der Waals surface area contributed by atoms with E-state index in [1.165, 1.54) is 23.7 Å². The summed E-state index contributed by atoms with van der Waals surface area (Å²) in [5.74, 6) is -1.71. The summed E-state index contributed by atoms with van der Waals surface area (Å²) in [6.07, 6.45) is -4.06. The van der Waals surface area contributed by atoms with Crippen LogP contribution in [0.3, 0.4) is 0 Å². The van der Waals surface area contributed by atoms with Gasteiger partial charge >= 0.3 is 18.0 Å². The zero-order valence-corrected chi connectivity index (χ0v) is 15.5. The Hall–Kier alpha value is -3.11. The van der Waals surface area contributed by atoms with E-state index in [1.807, 2.05) is 0 Å². The molecule has 0 bridgehead atoms. The molecular formula is C19H15F3N2O4S. The molecule has 0 saturated carbocycles. The summed E-state index contributed by atoms with van der Waals surface area (Å²) in [6, 6.07) is 10.6. The van der Waals surface area contributed by atoms with Gasteiger partial charge in [-0.2, -0.15) is 13.2 Å². The van der Waals surface area contributed by atoms with E-state index in [2.05, 4.69) is 10.6 Å². The van der Waals surface area contributed by atoms with Crippen LogP contribution in [0.1, 0.15) is 27.2 Å². The van der Waals surface area contributed by atoms with Gasteiger partial charge in [-0.05, 0) is 42.5 Å². The summed E-state index contributed by atoms with van der Waals surface area (Å²) < 4.78 is 43.3. The topological polar surface area (TPSA) is 91.6 Å². The molecule has 1 unspecified atom stereocenters. The SMILES string of the molecule is O=C(NCc1ccc(C(O)c2ccco2)s1)C(=O)Nc1cccc(C(F)(F)F)c1. The van der Waals surface area contributed by atoms with Gasteiger partial charge in [-0.25, -0.2) is 0 Å². The Morgan fingerprint density at radius 3 is 2.59 bits per heavy atom. The Morgan fingerprint density at radius 2 is 1.90 bits per heavy atom. The number of anilines is 1. The highest BCUT2D eigenvalue weighted by Crippen LogP contribution is 2.31. The van der Waals surface area contributed by atoms with Crippen molar-refractivity contribution in [3.8, 4) is 0 Å². The van der Waals surface area contributed by atoms with Crippen molar-refractivity contribution >= 4 is 28.8 Å². The molecule has 3 rings (SSSR count). The molecule has 0 aliphatic rings. The number of rotatable bonds is 5. The van der Waals surface area contributed by atoms with Gasteiger partial charge in [-0.3, -0.25) is 9.59 Å². The fourth-order valence-corrected chi connectivity index (χ4v) is 3.38. The Balaban J connectivity index is 1.55. The molecule has 10 heteroatoms. The van der Waals surface area contributed by atoms with Gasteiger partial charge < -0.3 is 20.2 Å². The van der Waals surface area contributed by atoms with Gasteiger partial charge in [0.1, 0.15) is 11.9 Å². The molecule has 0 saturated heterocycles. The van der Waals surface area contributed by atoms with Gasteiger partial charge in [0.15, 0.2) is 0 Å². The van der Waals surface area contributed by atoms with Crippen molar-refractivity contribution in [2.75, 3.05) is 5.32 Å². The maximum absolute atomic E-state index is 12.7. The van der Waals surface area contributed by atoms with Gasteiger partial charge in [-0.15, -0.1) is 11.3 Å². The molecular weight excluding hydrogens is 409 g/mol. The number of carbonyl (C=O) groups excluding carboxylic acids is 2. The summed E-state index contributed by atoms with van der Waals surface area (Å²) in [5, 5.41) is 14.7. The van der Waals surface area contributed by atoms with E-state index in [0.29, 0.717) is 15.5 Å².